The van der Waals surface area contributed by atoms with E-state index in [4.69, 9.17) is 4.52 Å². The summed E-state index contributed by atoms with van der Waals surface area (Å²) in [4.78, 5) is 10.0. The molecule has 4 heteroatoms. The van der Waals surface area contributed by atoms with Gasteiger partial charge in [-0.3, -0.25) is 0 Å². The Morgan fingerprint density at radius 1 is 1.20 bits per heavy atom. The van der Waals surface area contributed by atoms with Crippen LogP contribution in [0.2, 0.25) is 0 Å². The third-order valence-electron chi connectivity index (χ3n) is 1.77. The van der Waals surface area contributed by atoms with Crippen LogP contribution < -0.4 is 63.1 Å². The third kappa shape index (κ3) is 4.92. The van der Waals surface area contributed by atoms with Crippen molar-refractivity contribution in [3.8, 4) is 0 Å². The maximum Gasteiger partial charge on any atom is 1.00 e. The zero-order chi connectivity index (χ0) is 6.53. The van der Waals surface area contributed by atoms with Gasteiger partial charge in [0.15, 0.2) is 0 Å². The molecule has 0 heterocycles. The Labute approximate surface area is 113 Å². The van der Waals surface area contributed by atoms with E-state index in [1.165, 1.54) is 19.3 Å². The molecular weight excluding hydrogens is 221 g/mol. The molecular formula is C6H12O2PRb. The summed E-state index contributed by atoms with van der Waals surface area (Å²) in [5.41, 5.74) is 0. The first-order chi connectivity index (χ1) is 4.43. The van der Waals surface area contributed by atoms with Crippen molar-refractivity contribution in [2.45, 2.75) is 38.2 Å². The summed E-state index contributed by atoms with van der Waals surface area (Å²) in [5, 5.41) is 0. The Kier molecular flexibility index (Phi) is 9.46. The van der Waals surface area contributed by atoms with Gasteiger partial charge in [0.25, 0.3) is 0 Å². The van der Waals surface area contributed by atoms with Gasteiger partial charge in [0.1, 0.15) is 0 Å². The molecule has 0 saturated heterocycles. The van der Waals surface area contributed by atoms with E-state index in [-0.39, 0.29) is 58.2 Å². The van der Waals surface area contributed by atoms with Crippen LogP contribution in [0, 0.1) is 0 Å². The summed E-state index contributed by atoms with van der Waals surface area (Å²) >= 11 is 0. The maximum atomic E-state index is 10.0. The molecule has 1 aliphatic rings. The van der Waals surface area contributed by atoms with Crippen LogP contribution in [0.1, 0.15) is 32.1 Å². The molecule has 1 unspecified atom stereocenters. The second-order valence-electron chi connectivity index (χ2n) is 2.46. The zero-order valence-electron chi connectivity index (χ0n) is 6.43. The Bertz CT molecular complexity index is 73.4. The van der Waals surface area contributed by atoms with E-state index < -0.39 is 9.03 Å². The maximum absolute atomic E-state index is 10.0. The van der Waals surface area contributed by atoms with Crippen molar-refractivity contribution >= 4 is 9.03 Å². The summed E-state index contributed by atoms with van der Waals surface area (Å²) in [6, 6.07) is 0. The van der Waals surface area contributed by atoms with Gasteiger partial charge in [-0.15, -0.1) is 0 Å². The first kappa shape index (κ1) is 12.2. The van der Waals surface area contributed by atoms with Gasteiger partial charge in [-0.2, -0.15) is 0 Å². The largest absolute Gasteiger partial charge is 1.00 e. The van der Waals surface area contributed by atoms with Crippen molar-refractivity contribution in [3.05, 3.63) is 0 Å². The van der Waals surface area contributed by atoms with E-state index in [0.717, 1.165) is 12.8 Å². The van der Waals surface area contributed by atoms with Crippen molar-refractivity contribution < 1.29 is 67.6 Å². The Morgan fingerprint density at radius 3 is 2.30 bits per heavy atom. The fourth-order valence-electron chi connectivity index (χ4n) is 1.25. The van der Waals surface area contributed by atoms with Gasteiger partial charge in [0.2, 0.25) is 0 Å². The average Bonchev–Trinajstić information content (AvgIpc) is 1.91. The number of hydrogen-bond acceptors (Lipinski definition) is 2. The van der Waals surface area contributed by atoms with E-state index in [0.29, 0.717) is 6.10 Å². The summed E-state index contributed by atoms with van der Waals surface area (Å²) in [5.74, 6) is 0. The molecule has 0 aromatic heterocycles. The molecule has 0 N–H and O–H groups in total. The van der Waals surface area contributed by atoms with Crippen LogP contribution in [0.3, 0.4) is 0 Å². The van der Waals surface area contributed by atoms with Crippen molar-refractivity contribution in [1.29, 1.82) is 0 Å². The zero-order valence-corrected chi connectivity index (χ0v) is 12.3. The molecule has 1 atom stereocenters. The van der Waals surface area contributed by atoms with Crippen LogP contribution in [0.5, 0.6) is 0 Å². The van der Waals surface area contributed by atoms with Crippen LogP contribution >= 0.6 is 9.03 Å². The molecule has 2 nitrogen and oxygen atoms in total. The molecule has 0 aromatic rings. The summed E-state index contributed by atoms with van der Waals surface area (Å²) in [7, 11) is -0.561. The topological polar surface area (TPSA) is 32.3 Å². The fraction of sp³-hybridized carbons (Fsp3) is 1.00. The summed E-state index contributed by atoms with van der Waals surface area (Å²) < 4.78 is 4.96. The molecule has 1 saturated carbocycles. The molecule has 54 valence electrons. The van der Waals surface area contributed by atoms with E-state index >= 15 is 0 Å². The number of hydrogen-bond donors (Lipinski definition) is 0. The SMILES string of the molecule is [O-]POC1CCCCC1.[Rb+]. The van der Waals surface area contributed by atoms with Crippen LogP contribution in [0.4, 0.5) is 0 Å². The minimum atomic E-state index is -0.561. The second kappa shape index (κ2) is 7.79. The van der Waals surface area contributed by atoms with Crippen LogP contribution in [-0.2, 0) is 4.52 Å². The Morgan fingerprint density at radius 2 is 1.80 bits per heavy atom. The summed E-state index contributed by atoms with van der Waals surface area (Å²) in [6.07, 6.45) is 6.32. The van der Waals surface area contributed by atoms with Gasteiger partial charge in [-0.25, -0.2) is 0 Å². The third-order valence-corrected chi connectivity index (χ3v) is 2.20. The van der Waals surface area contributed by atoms with Gasteiger partial charge in [0, 0.05) is 0 Å². The molecule has 0 bridgehead atoms. The van der Waals surface area contributed by atoms with Gasteiger partial charge in [0.05, 0.1) is 6.10 Å². The molecule has 10 heavy (non-hydrogen) atoms. The molecule has 0 amide bonds. The molecule has 1 rings (SSSR count). The smallest absolute Gasteiger partial charge is 0.810 e. The minimum absolute atomic E-state index is 0. The van der Waals surface area contributed by atoms with Crippen LogP contribution in [-0.4, -0.2) is 6.10 Å². The fourth-order valence-corrected chi connectivity index (χ4v) is 1.62. The normalized spacial score (nSPS) is 21.3. The Balaban J connectivity index is 0.000000810. The van der Waals surface area contributed by atoms with Crippen molar-refractivity contribution in [2.75, 3.05) is 0 Å². The average molecular weight is 233 g/mol. The van der Waals surface area contributed by atoms with Gasteiger partial charge in [-0.05, 0) is 12.8 Å². The Hall–Kier alpha value is 2.16. The molecule has 0 aromatic carbocycles. The molecule has 1 aliphatic carbocycles. The van der Waals surface area contributed by atoms with Crippen LogP contribution in [0.25, 0.3) is 0 Å². The first-order valence-electron chi connectivity index (χ1n) is 3.46. The monoisotopic (exact) mass is 232 g/mol. The predicted molar refractivity (Wildman–Crippen MR) is 36.3 cm³/mol. The molecule has 0 aliphatic heterocycles. The van der Waals surface area contributed by atoms with Crippen LogP contribution in [0.15, 0.2) is 0 Å². The van der Waals surface area contributed by atoms with E-state index in [9.17, 15) is 4.89 Å². The van der Waals surface area contributed by atoms with E-state index in [1.54, 1.807) is 0 Å². The van der Waals surface area contributed by atoms with E-state index in [2.05, 4.69) is 0 Å². The standard InChI is InChI=1S/C6H12O2P.Rb/c7-9-8-6-4-2-1-3-5-6;/h6,9H,1-5H2;/q-1;+1. The molecule has 1 fully saturated rings. The van der Waals surface area contributed by atoms with Crippen molar-refractivity contribution in [1.82, 2.24) is 0 Å². The summed E-state index contributed by atoms with van der Waals surface area (Å²) in [6.45, 7) is 0. The predicted octanol–water partition coefficient (Wildman–Crippen LogP) is -1.79. The molecule has 0 spiro atoms. The molecule has 0 radical (unpaired) electrons. The second-order valence-corrected chi connectivity index (χ2v) is 2.86. The first-order valence-corrected chi connectivity index (χ1v) is 4.28. The van der Waals surface area contributed by atoms with Gasteiger partial charge >= 0.3 is 58.2 Å². The quantitative estimate of drug-likeness (QED) is 0.527. The van der Waals surface area contributed by atoms with Gasteiger partial charge in [-0.1, -0.05) is 28.3 Å². The minimum Gasteiger partial charge on any atom is -0.810 e. The van der Waals surface area contributed by atoms with Crippen molar-refractivity contribution in [3.63, 3.8) is 0 Å². The van der Waals surface area contributed by atoms with Gasteiger partial charge < -0.3 is 9.42 Å². The van der Waals surface area contributed by atoms with E-state index in [1.807, 2.05) is 0 Å². The van der Waals surface area contributed by atoms with Crippen molar-refractivity contribution in [2.24, 2.45) is 0 Å². The number of rotatable bonds is 2.